The lowest BCUT2D eigenvalue weighted by Crippen LogP contribution is -2.65. The normalized spacial score (nSPS) is 27.0. The number of aliphatic hydroxyl groups is 11. The number of carbonyl (C=O) groups is 8. The van der Waals surface area contributed by atoms with Crippen molar-refractivity contribution in [3.05, 3.63) is 117 Å². The molecule has 0 saturated carbocycles. The van der Waals surface area contributed by atoms with E-state index in [-0.39, 0.29) is 40.7 Å². The van der Waals surface area contributed by atoms with Gasteiger partial charge < -0.3 is 158 Å². The molecule has 41 heteroatoms. The summed E-state index contributed by atoms with van der Waals surface area (Å²) in [6.45, 7) is 7.71. The number of rotatable bonds is 32. The van der Waals surface area contributed by atoms with Gasteiger partial charge in [-0.05, 0) is 129 Å². The van der Waals surface area contributed by atoms with Crippen LogP contribution < -0.4 is 67.8 Å². The quantitative estimate of drug-likeness (QED) is 0.0257. The lowest BCUT2D eigenvalue weighted by atomic mass is 9.85. The lowest BCUT2D eigenvalue weighted by Gasteiger charge is -2.48. The van der Waals surface area contributed by atoms with E-state index in [9.17, 15) is 81.1 Å². The van der Waals surface area contributed by atoms with E-state index in [0.29, 0.717) is 18.0 Å². The zero-order valence-corrected chi connectivity index (χ0v) is 72.0. The van der Waals surface area contributed by atoms with Gasteiger partial charge in [0, 0.05) is 55.8 Å². The molecule has 0 aromatic heterocycles. The molecule has 7 aliphatic heterocycles. The Morgan fingerprint density at radius 2 is 1.27 bits per heavy atom. The largest absolute Gasteiger partial charge is 0.508 e. The number of phenols is 3. The molecule has 5 aromatic rings. The van der Waals surface area contributed by atoms with Crippen LogP contribution in [-0.2, 0) is 52.6 Å². The fourth-order valence-electron chi connectivity index (χ4n) is 15.8. The summed E-state index contributed by atoms with van der Waals surface area (Å²) in [5.74, 6) is -16.0. The minimum atomic E-state index is -2.41. The van der Waals surface area contributed by atoms with Crippen LogP contribution >= 0.6 is 23.2 Å². The van der Waals surface area contributed by atoms with E-state index in [1.807, 2.05) is 13.8 Å². The number of hydrogen-bond donors (Lipinski definition) is 24. The van der Waals surface area contributed by atoms with Crippen LogP contribution in [-0.4, -0.2) is 280 Å². The molecule has 0 radical (unpaired) electrons. The number of halogens is 2. The van der Waals surface area contributed by atoms with Crippen LogP contribution in [0.1, 0.15) is 163 Å². The first-order chi connectivity index (χ1) is 59.8. The Morgan fingerprint density at radius 1 is 0.667 bits per heavy atom. The summed E-state index contributed by atoms with van der Waals surface area (Å²) in [7, 11) is 2.49. The number of nitrogens with two attached hydrogens (primary N) is 1. The smallest absolute Gasteiger partial charge is 0.249 e. The number of likely N-dealkylation sites (N-methyl/N-ethyl adjacent to an activating group) is 2. The minimum absolute atomic E-state index is 0.123. The summed E-state index contributed by atoms with van der Waals surface area (Å²) in [4.78, 5) is 122. The molecule has 692 valence electrons. The van der Waals surface area contributed by atoms with Crippen molar-refractivity contribution in [2.24, 2.45) is 11.7 Å². The van der Waals surface area contributed by atoms with Gasteiger partial charge in [-0.3, -0.25) is 38.4 Å². The van der Waals surface area contributed by atoms with E-state index < -0.39 is 280 Å². The molecule has 0 aliphatic carbocycles. The number of amides is 8. The Labute approximate surface area is 735 Å². The summed E-state index contributed by atoms with van der Waals surface area (Å²) in [5.41, 5.74) is 1.54. The molecule has 39 nitrogen and oxygen atoms in total. The summed E-state index contributed by atoms with van der Waals surface area (Å²) in [6.07, 6.45) is -18.2. The third kappa shape index (κ3) is 23.7. The van der Waals surface area contributed by atoms with Crippen LogP contribution in [0.3, 0.4) is 0 Å². The molecule has 7 heterocycles. The number of nitrogens with one attached hydrogen (secondary N) is 9. The number of primary amides is 1. The molecule has 7 aliphatic rings. The predicted octanol–water partition coefficient (Wildman–Crippen LogP) is 0.277. The number of hydrogen-bond acceptors (Lipinski definition) is 31. The number of fused-ring (bicyclic) bond motifs is 15. The van der Waals surface area contributed by atoms with Crippen molar-refractivity contribution in [1.29, 1.82) is 0 Å². The number of ether oxygens (including phenoxy) is 6. The number of phenolic OH excluding ortho intramolecular Hbond substituents is 3. The zero-order valence-electron chi connectivity index (χ0n) is 70.5. The second kappa shape index (κ2) is 44.0. The molecule has 0 unspecified atom stereocenters. The number of benzene rings is 5. The van der Waals surface area contributed by atoms with Gasteiger partial charge in [0.15, 0.2) is 23.9 Å². The van der Waals surface area contributed by atoms with Crippen LogP contribution in [0.5, 0.6) is 46.0 Å². The molecular weight excluding hydrogens is 1690 g/mol. The van der Waals surface area contributed by atoms with Gasteiger partial charge in [-0.25, -0.2) is 0 Å². The number of aliphatic hydroxyl groups excluding tert-OH is 11. The Balaban J connectivity index is 1.16. The van der Waals surface area contributed by atoms with Gasteiger partial charge in [0.25, 0.3) is 0 Å². The molecule has 126 heavy (non-hydrogen) atoms. The van der Waals surface area contributed by atoms with Gasteiger partial charge in [-0.1, -0.05) is 107 Å². The molecule has 8 amide bonds. The van der Waals surface area contributed by atoms with Crippen LogP contribution in [0, 0.1) is 5.92 Å². The fourth-order valence-corrected chi connectivity index (χ4v) is 16.3. The van der Waals surface area contributed by atoms with Crippen LogP contribution in [0.4, 0.5) is 0 Å². The van der Waals surface area contributed by atoms with Crippen molar-refractivity contribution in [2.75, 3.05) is 53.5 Å². The molecule has 25 N–H and O–H groups in total. The highest BCUT2D eigenvalue weighted by atomic mass is 35.5. The Bertz CT molecular complexity index is 4680. The van der Waals surface area contributed by atoms with E-state index in [1.54, 1.807) is 13.8 Å². The molecule has 11 bridgehead atoms. The summed E-state index contributed by atoms with van der Waals surface area (Å²) in [6, 6.07) is -1.13. The topological polar surface area (TPSA) is 613 Å². The minimum Gasteiger partial charge on any atom is -0.508 e. The second-order valence-corrected chi connectivity index (χ2v) is 33.8. The number of carbonyl (C=O) groups excluding carboxylic acids is 8. The molecule has 2 fully saturated rings. The third-order valence-corrected chi connectivity index (χ3v) is 23.5. The van der Waals surface area contributed by atoms with E-state index in [2.05, 4.69) is 54.8 Å². The average molecular weight is 1810 g/mol. The van der Waals surface area contributed by atoms with Gasteiger partial charge in [0.2, 0.25) is 59.3 Å². The molecule has 22 atom stereocenters. The van der Waals surface area contributed by atoms with E-state index in [0.717, 1.165) is 106 Å². The van der Waals surface area contributed by atoms with Crippen molar-refractivity contribution in [3.63, 3.8) is 0 Å². The average Bonchev–Trinajstić information content (AvgIpc) is 0.765. The van der Waals surface area contributed by atoms with E-state index in [1.165, 1.54) is 44.9 Å². The maximum Gasteiger partial charge on any atom is 0.249 e. The molecule has 5 aromatic carbocycles. The molecule has 12 rings (SSSR count). The van der Waals surface area contributed by atoms with Crippen LogP contribution in [0.2, 0.25) is 10.0 Å². The lowest BCUT2D eigenvalue weighted by molar-refractivity contribution is -0.334. The van der Waals surface area contributed by atoms with Crippen molar-refractivity contribution in [2.45, 2.75) is 239 Å². The molecule has 2 saturated heterocycles. The third-order valence-electron chi connectivity index (χ3n) is 22.9. The van der Waals surface area contributed by atoms with E-state index >= 15 is 28.8 Å². The highest BCUT2D eigenvalue weighted by Crippen LogP contribution is 2.50. The zero-order chi connectivity index (χ0) is 92.0. The van der Waals surface area contributed by atoms with Crippen molar-refractivity contribution in [1.82, 2.24) is 52.8 Å². The first-order valence-corrected chi connectivity index (χ1v) is 42.5. The fraction of sp³-hybridized carbons (Fsp3) is 0.553. The SMILES string of the molecule is CCCCCCCCCCNCCN[C@@]1(C)C[C@H](O[C@H]2[C@H](Oc3c4cc5cc3Oc3ccc(cc3Cl)[C@@H](O)[C@@H](NC(=O)[C@@H](CC(C)C)NC)C(=O)N[C@@H](CC(N)=O)C(=O)N[C@H]5C(=O)N[C@H]3C(=O)N[C@H](C(=O)N[C@H](C(=O)N(C)C[C@H](O)[C@@H](O)[C@H](O)[C@H](O)CO)c5cc(O)cc(O)c5-c5cc3ccc5O)[C@H](O)c3ccc(c(Cl)c3)O4)O[C@H](CO)[C@@H](O)[C@@H]2O)O[C@@H](C)[C@H]1O. The number of aromatic hydroxyl groups is 3. The second-order valence-electron chi connectivity index (χ2n) is 33.0. The van der Waals surface area contributed by atoms with Gasteiger partial charge in [-0.15, -0.1) is 0 Å². The predicted molar refractivity (Wildman–Crippen MR) is 450 cm³/mol. The molecular formula is C85H115Cl2N11O28. The summed E-state index contributed by atoms with van der Waals surface area (Å²) < 4.78 is 39.6. The standard InChI is InChI=1S/C85H115Cl2N11O28/c1-8-9-10-11-12-13-14-15-22-90-23-24-91-85(5)34-61(121-39(4)76(85)113)125-75-73(112)72(111)59(37-100)124-84(75)126-74-57-29-43-30-58(74)123-56-21-18-42(28-48(56)87)69(108)67-82(119)95-65(83(120)98(7)35-53(104)70(109)71(110)54(105)36-99)46-31-44(101)32-52(103)62(46)45-26-40(16-19-51(45)102)63(79(116)97-67)94-80(117)64(43)93-78(115)50(33-60(88)106)92-81(118)66(96-77(114)49(89-6)25-38(2)3)68(107)41-17-20-55(122-57)47(86)27-41/h16-21,26-32,38-39,49-50,53-54,59,61,63-73,75-76,84,89-91,99-105,107-113H,8-15,22-25,33-37H2,1-7H3,(H2,88,106)(H,92,118)(H,93,115)(H,94,117)(H,95,119)(H,96,114)(H,97,116)/t39-,49+,50-,53-,54+,59+,61-,63+,64+,65-,66+,67-,68+,69+,70+,71+,72+,73-,75+,76+,84-,85-/m0/s1. The summed E-state index contributed by atoms with van der Waals surface area (Å²) >= 11 is 14.4. The number of unbranched alkanes of at least 4 members (excludes halogenated alkanes) is 7. The van der Waals surface area contributed by atoms with Crippen molar-refractivity contribution in [3.8, 4) is 57.1 Å². The Morgan fingerprint density at radius 3 is 1.88 bits per heavy atom. The highest BCUT2D eigenvalue weighted by molar-refractivity contribution is 6.32. The monoisotopic (exact) mass is 1810 g/mol. The maximum absolute atomic E-state index is 16.4. The Hall–Kier alpha value is -9.44. The summed E-state index contributed by atoms with van der Waals surface area (Å²) in [5, 5.41) is 183. The first kappa shape index (κ1) is 98.7. The van der Waals surface area contributed by atoms with Crippen LogP contribution in [0.25, 0.3) is 11.1 Å². The Kier molecular flexibility index (Phi) is 34.5. The molecule has 0 spiro atoms. The van der Waals surface area contributed by atoms with Gasteiger partial charge in [-0.2, -0.15) is 0 Å². The maximum atomic E-state index is 16.4. The van der Waals surface area contributed by atoms with Gasteiger partial charge in [0.1, 0.15) is 120 Å². The van der Waals surface area contributed by atoms with Crippen molar-refractivity contribution >= 4 is 70.5 Å². The highest BCUT2D eigenvalue weighted by Gasteiger charge is 2.53. The van der Waals surface area contributed by atoms with E-state index in [4.69, 9.17) is 57.4 Å². The first-order valence-electron chi connectivity index (χ1n) is 41.8. The number of nitrogens with zero attached hydrogens (tertiary/aromatic N) is 1. The van der Waals surface area contributed by atoms with Gasteiger partial charge >= 0.3 is 0 Å². The van der Waals surface area contributed by atoms with Crippen LogP contribution in [0.15, 0.2) is 78.9 Å². The van der Waals surface area contributed by atoms with Gasteiger partial charge in [0.05, 0.1) is 47.9 Å². The van der Waals surface area contributed by atoms with Crippen molar-refractivity contribution < 1.29 is 138 Å².